The summed E-state index contributed by atoms with van der Waals surface area (Å²) in [7, 11) is 3.91. The van der Waals surface area contributed by atoms with Gasteiger partial charge in [-0.25, -0.2) is 0 Å². The highest BCUT2D eigenvalue weighted by Gasteiger charge is 2.18. The van der Waals surface area contributed by atoms with Crippen LogP contribution in [0, 0.1) is 11.3 Å². The monoisotopic (exact) mass is 214 g/mol. The van der Waals surface area contributed by atoms with Crippen LogP contribution in [0.2, 0.25) is 0 Å². The molecule has 1 amide bonds. The molecule has 0 bridgehead atoms. The van der Waals surface area contributed by atoms with Gasteiger partial charge in [-0.05, 0) is 0 Å². The lowest BCUT2D eigenvalue weighted by atomic mass is 10.3. The Balaban J connectivity index is 3.81. The number of nitrogens with zero attached hydrogens (tertiary/aromatic N) is 2. The first kappa shape index (κ1) is 13.9. The molecule has 0 aromatic rings. The standard InChI is InChI=1S/C10H19N3O2/c1-13(2,7-4-3-5-11)9-10(15)12-6-8-14/h14H,3-4,6-9H2,1-2H3/p+1. The number of unbranched alkanes of at least 4 members (excludes halogenated alkanes) is 1. The number of quaternary nitrogens is 1. The number of hydrogen-bond acceptors (Lipinski definition) is 3. The minimum atomic E-state index is -0.0639. The summed E-state index contributed by atoms with van der Waals surface area (Å²) >= 11 is 0. The molecular formula is C10H20N3O2+. The lowest BCUT2D eigenvalue weighted by Gasteiger charge is -2.28. The number of amides is 1. The predicted molar refractivity (Wildman–Crippen MR) is 56.8 cm³/mol. The number of rotatable bonds is 7. The van der Waals surface area contributed by atoms with E-state index in [0.29, 0.717) is 24.0 Å². The second-order valence-corrected chi connectivity index (χ2v) is 4.15. The number of aliphatic hydroxyl groups is 1. The smallest absolute Gasteiger partial charge is 0.275 e. The van der Waals surface area contributed by atoms with Crippen molar-refractivity contribution in [3.63, 3.8) is 0 Å². The quantitative estimate of drug-likeness (QED) is 0.442. The molecule has 0 aromatic carbocycles. The average Bonchev–Trinajstić information content (AvgIpc) is 2.14. The molecule has 86 valence electrons. The van der Waals surface area contributed by atoms with Crippen molar-refractivity contribution in [1.82, 2.24) is 5.32 Å². The molecule has 0 heterocycles. The zero-order chi connectivity index (χ0) is 11.7. The number of nitriles is 1. The Morgan fingerprint density at radius 3 is 2.73 bits per heavy atom. The van der Waals surface area contributed by atoms with E-state index in [9.17, 15) is 4.79 Å². The number of carbonyl (C=O) groups excluding carboxylic acids is 1. The van der Waals surface area contributed by atoms with Crippen molar-refractivity contribution in [2.24, 2.45) is 0 Å². The zero-order valence-electron chi connectivity index (χ0n) is 9.49. The Bertz CT molecular complexity index is 233. The Labute approximate surface area is 90.9 Å². The Morgan fingerprint density at radius 2 is 2.20 bits per heavy atom. The van der Waals surface area contributed by atoms with Crippen molar-refractivity contribution in [3.8, 4) is 6.07 Å². The van der Waals surface area contributed by atoms with Crippen molar-refractivity contribution in [2.45, 2.75) is 12.8 Å². The highest BCUT2D eigenvalue weighted by atomic mass is 16.3. The van der Waals surface area contributed by atoms with E-state index in [1.165, 1.54) is 0 Å². The summed E-state index contributed by atoms with van der Waals surface area (Å²) in [6.45, 7) is 1.45. The lowest BCUT2D eigenvalue weighted by Crippen LogP contribution is -2.48. The molecule has 0 unspecified atom stereocenters. The molecule has 0 radical (unpaired) electrons. The molecule has 0 rings (SSSR count). The van der Waals surface area contributed by atoms with Crippen LogP contribution in [0.3, 0.4) is 0 Å². The third kappa shape index (κ3) is 7.91. The molecule has 5 heteroatoms. The van der Waals surface area contributed by atoms with Gasteiger partial charge in [0.05, 0.1) is 33.3 Å². The first-order valence-corrected chi connectivity index (χ1v) is 5.08. The van der Waals surface area contributed by atoms with E-state index >= 15 is 0 Å². The van der Waals surface area contributed by atoms with Crippen LogP contribution < -0.4 is 5.32 Å². The first-order chi connectivity index (χ1) is 7.02. The van der Waals surface area contributed by atoms with Crippen LogP contribution in [-0.4, -0.2) is 55.8 Å². The topological polar surface area (TPSA) is 73.1 Å². The fraction of sp³-hybridized carbons (Fsp3) is 0.800. The van der Waals surface area contributed by atoms with Crippen LogP contribution in [0.1, 0.15) is 12.8 Å². The van der Waals surface area contributed by atoms with Gasteiger partial charge in [-0.1, -0.05) is 0 Å². The van der Waals surface area contributed by atoms with Crippen molar-refractivity contribution in [3.05, 3.63) is 0 Å². The summed E-state index contributed by atoms with van der Waals surface area (Å²) < 4.78 is 0.568. The molecule has 15 heavy (non-hydrogen) atoms. The molecule has 0 saturated carbocycles. The van der Waals surface area contributed by atoms with E-state index in [4.69, 9.17) is 10.4 Å². The van der Waals surface area contributed by atoms with E-state index < -0.39 is 0 Å². The van der Waals surface area contributed by atoms with Gasteiger partial charge >= 0.3 is 0 Å². The molecule has 0 atom stereocenters. The molecule has 0 spiro atoms. The molecule has 2 N–H and O–H groups in total. The fourth-order valence-electron chi connectivity index (χ4n) is 1.31. The SMILES string of the molecule is C[N+](C)(CCCC#N)CC(=O)NCCO. The van der Waals surface area contributed by atoms with Crippen LogP contribution in [-0.2, 0) is 4.79 Å². The van der Waals surface area contributed by atoms with Crippen LogP contribution in [0.25, 0.3) is 0 Å². The van der Waals surface area contributed by atoms with E-state index in [2.05, 4.69) is 11.4 Å². The predicted octanol–water partition coefficient (Wildman–Crippen LogP) is -0.525. The van der Waals surface area contributed by atoms with Gasteiger partial charge in [-0.15, -0.1) is 0 Å². The van der Waals surface area contributed by atoms with E-state index in [1.54, 1.807) is 0 Å². The van der Waals surface area contributed by atoms with Crippen LogP contribution in [0.4, 0.5) is 0 Å². The summed E-state index contributed by atoms with van der Waals surface area (Å²) in [6.07, 6.45) is 1.33. The molecular weight excluding hydrogens is 194 g/mol. The second-order valence-electron chi connectivity index (χ2n) is 4.15. The van der Waals surface area contributed by atoms with Gasteiger partial charge < -0.3 is 14.9 Å². The third-order valence-corrected chi connectivity index (χ3v) is 2.06. The van der Waals surface area contributed by atoms with Gasteiger partial charge in [0.15, 0.2) is 6.54 Å². The zero-order valence-corrected chi connectivity index (χ0v) is 9.49. The van der Waals surface area contributed by atoms with Gasteiger partial charge in [-0.2, -0.15) is 5.26 Å². The van der Waals surface area contributed by atoms with Gasteiger partial charge in [0, 0.05) is 19.4 Å². The summed E-state index contributed by atoms with van der Waals surface area (Å²) in [5, 5.41) is 19.5. The van der Waals surface area contributed by atoms with Crippen LogP contribution >= 0.6 is 0 Å². The van der Waals surface area contributed by atoms with E-state index in [1.807, 2.05) is 14.1 Å². The van der Waals surface area contributed by atoms with Gasteiger partial charge in [0.2, 0.25) is 0 Å². The lowest BCUT2D eigenvalue weighted by molar-refractivity contribution is -0.882. The molecule has 0 aliphatic heterocycles. The van der Waals surface area contributed by atoms with E-state index in [0.717, 1.165) is 13.0 Å². The van der Waals surface area contributed by atoms with Crippen molar-refractivity contribution in [2.75, 3.05) is 40.3 Å². The molecule has 0 fully saturated rings. The number of hydrogen-bond donors (Lipinski definition) is 2. The molecule has 5 nitrogen and oxygen atoms in total. The molecule has 0 saturated heterocycles. The van der Waals surface area contributed by atoms with Crippen LogP contribution in [0.15, 0.2) is 0 Å². The maximum atomic E-state index is 11.3. The largest absolute Gasteiger partial charge is 0.395 e. The average molecular weight is 214 g/mol. The van der Waals surface area contributed by atoms with Crippen molar-refractivity contribution >= 4 is 5.91 Å². The number of aliphatic hydroxyl groups excluding tert-OH is 1. The maximum absolute atomic E-state index is 11.3. The van der Waals surface area contributed by atoms with Gasteiger partial charge in [0.25, 0.3) is 5.91 Å². The van der Waals surface area contributed by atoms with Gasteiger partial charge in [-0.3, -0.25) is 4.79 Å². The highest BCUT2D eigenvalue weighted by Crippen LogP contribution is 2.00. The molecule has 0 aliphatic rings. The van der Waals surface area contributed by atoms with Crippen LogP contribution in [0.5, 0.6) is 0 Å². The minimum absolute atomic E-state index is 0.0341. The molecule has 0 aromatic heterocycles. The summed E-state index contributed by atoms with van der Waals surface area (Å²) in [5.74, 6) is -0.0639. The second kappa shape index (κ2) is 7.21. The Morgan fingerprint density at radius 1 is 1.53 bits per heavy atom. The number of carbonyl (C=O) groups is 1. The summed E-state index contributed by atoms with van der Waals surface area (Å²) in [5.41, 5.74) is 0. The first-order valence-electron chi connectivity index (χ1n) is 5.08. The Kier molecular flexibility index (Phi) is 6.67. The number of nitrogens with one attached hydrogen (secondary N) is 1. The Hall–Kier alpha value is -1.12. The molecule has 0 aliphatic carbocycles. The fourth-order valence-corrected chi connectivity index (χ4v) is 1.31. The highest BCUT2D eigenvalue weighted by molar-refractivity contribution is 5.77. The van der Waals surface area contributed by atoms with E-state index in [-0.39, 0.29) is 12.5 Å². The van der Waals surface area contributed by atoms with Gasteiger partial charge in [0.1, 0.15) is 0 Å². The summed E-state index contributed by atoms with van der Waals surface area (Å²) in [4.78, 5) is 11.3. The number of likely N-dealkylation sites (N-methyl/N-ethyl adjacent to an activating group) is 1. The summed E-state index contributed by atoms with van der Waals surface area (Å²) in [6, 6.07) is 2.08. The minimum Gasteiger partial charge on any atom is -0.395 e. The third-order valence-electron chi connectivity index (χ3n) is 2.06. The van der Waals surface area contributed by atoms with Crippen molar-refractivity contribution in [1.29, 1.82) is 5.26 Å². The maximum Gasteiger partial charge on any atom is 0.275 e. The van der Waals surface area contributed by atoms with Crippen molar-refractivity contribution < 1.29 is 14.4 Å². The normalized spacial score (nSPS) is 10.8.